The van der Waals surface area contributed by atoms with Crippen LogP contribution in [0.1, 0.15) is 11.1 Å². The minimum atomic E-state index is -0.445. The lowest BCUT2D eigenvalue weighted by Crippen LogP contribution is -2.51. The van der Waals surface area contributed by atoms with Crippen LogP contribution in [0.4, 0.5) is 10.5 Å². The zero-order valence-corrected chi connectivity index (χ0v) is 22.2. The van der Waals surface area contributed by atoms with Crippen molar-refractivity contribution in [2.45, 2.75) is 6.61 Å². The van der Waals surface area contributed by atoms with E-state index < -0.39 is 11.1 Å². The van der Waals surface area contributed by atoms with Gasteiger partial charge in [-0.2, -0.15) is 0 Å². The molecule has 0 unspecified atom stereocenters. The second kappa shape index (κ2) is 11.8. The van der Waals surface area contributed by atoms with Crippen LogP contribution in [0, 0.1) is 0 Å². The minimum absolute atomic E-state index is 0.219. The summed E-state index contributed by atoms with van der Waals surface area (Å²) in [5, 5.41) is 0.244. The van der Waals surface area contributed by atoms with Crippen molar-refractivity contribution in [3.63, 3.8) is 0 Å². The lowest BCUT2D eigenvalue weighted by molar-refractivity contribution is -0.136. The van der Waals surface area contributed by atoms with E-state index in [1.165, 1.54) is 0 Å². The van der Waals surface area contributed by atoms with Crippen LogP contribution in [-0.2, 0) is 16.2 Å². The van der Waals surface area contributed by atoms with Crippen molar-refractivity contribution in [1.82, 2.24) is 9.80 Å². The number of hydrogen-bond donors (Lipinski definition) is 0. The Kier molecular flexibility index (Phi) is 8.00. The molecule has 3 amide bonds. The summed E-state index contributed by atoms with van der Waals surface area (Å²) in [5.41, 5.74) is 2.88. The number of nitrogens with zero attached hydrogens (tertiary/aromatic N) is 3. The SMILES string of the molecule is O=C(CN1C(=O)S/C(=C/c2ccc(OCc3ccc(Cl)cc3)cc2)C1=O)N1CCN(c2ccccc2)CC1. The van der Waals surface area contributed by atoms with Crippen LogP contribution < -0.4 is 9.64 Å². The molecule has 0 aliphatic carbocycles. The van der Waals surface area contributed by atoms with Gasteiger partial charge in [-0.1, -0.05) is 54.1 Å². The highest BCUT2D eigenvalue weighted by atomic mass is 35.5. The third-order valence-corrected chi connectivity index (χ3v) is 7.58. The highest BCUT2D eigenvalue weighted by Crippen LogP contribution is 2.32. The molecule has 3 aromatic carbocycles. The van der Waals surface area contributed by atoms with E-state index in [1.807, 2.05) is 78.9 Å². The molecule has 0 radical (unpaired) electrons. The Morgan fingerprint density at radius 2 is 1.58 bits per heavy atom. The van der Waals surface area contributed by atoms with Gasteiger partial charge in [0.15, 0.2) is 0 Å². The standard InChI is InChI=1S/C29H26ClN3O4S/c30-23-10-6-22(7-11-23)20-37-25-12-8-21(9-13-25)18-26-28(35)33(29(36)38-26)19-27(34)32-16-14-31(15-17-32)24-4-2-1-3-5-24/h1-13,18H,14-17,19-20H2/b26-18+. The summed E-state index contributed by atoms with van der Waals surface area (Å²) in [5.74, 6) is 0.0194. The average molecular weight is 548 g/mol. The molecule has 9 heteroatoms. The number of rotatable bonds is 7. The van der Waals surface area contributed by atoms with E-state index >= 15 is 0 Å². The first kappa shape index (κ1) is 25.9. The molecule has 38 heavy (non-hydrogen) atoms. The quantitative estimate of drug-likeness (QED) is 0.374. The third kappa shape index (κ3) is 6.20. The largest absolute Gasteiger partial charge is 0.489 e. The fourth-order valence-corrected chi connectivity index (χ4v) is 5.25. The molecule has 7 nitrogen and oxygen atoms in total. The van der Waals surface area contributed by atoms with Gasteiger partial charge < -0.3 is 14.5 Å². The topological polar surface area (TPSA) is 70.2 Å². The first-order valence-electron chi connectivity index (χ1n) is 12.3. The molecule has 0 atom stereocenters. The Bertz CT molecular complexity index is 1340. The monoisotopic (exact) mass is 547 g/mol. The highest BCUT2D eigenvalue weighted by molar-refractivity contribution is 8.18. The molecular weight excluding hydrogens is 522 g/mol. The molecule has 5 rings (SSSR count). The van der Waals surface area contributed by atoms with Gasteiger partial charge in [0.25, 0.3) is 11.1 Å². The number of benzene rings is 3. The number of carbonyl (C=O) groups excluding carboxylic acids is 3. The number of imide groups is 1. The predicted octanol–water partition coefficient (Wildman–Crippen LogP) is 5.30. The Hall–Kier alpha value is -3.75. The van der Waals surface area contributed by atoms with Crippen LogP contribution in [0.15, 0.2) is 83.8 Å². The molecule has 2 saturated heterocycles. The molecule has 0 N–H and O–H groups in total. The summed E-state index contributed by atoms with van der Waals surface area (Å²) < 4.78 is 5.80. The number of halogens is 1. The number of piperazine rings is 1. The molecule has 2 fully saturated rings. The van der Waals surface area contributed by atoms with Crippen LogP contribution in [0.5, 0.6) is 5.75 Å². The van der Waals surface area contributed by atoms with Gasteiger partial charge in [-0.05, 0) is 65.4 Å². The van der Waals surface area contributed by atoms with Crippen LogP contribution in [-0.4, -0.2) is 59.6 Å². The normalized spacial score (nSPS) is 16.9. The van der Waals surface area contributed by atoms with E-state index in [9.17, 15) is 14.4 Å². The van der Waals surface area contributed by atoms with E-state index in [2.05, 4.69) is 4.90 Å². The molecule has 0 aromatic heterocycles. The molecular formula is C29H26ClN3O4S. The highest BCUT2D eigenvalue weighted by Gasteiger charge is 2.37. The smallest absolute Gasteiger partial charge is 0.294 e. The summed E-state index contributed by atoms with van der Waals surface area (Å²) in [6.07, 6.45) is 1.66. The molecule has 2 aliphatic heterocycles. The third-order valence-electron chi connectivity index (χ3n) is 6.42. The van der Waals surface area contributed by atoms with Gasteiger partial charge in [-0.25, -0.2) is 0 Å². The Morgan fingerprint density at radius 1 is 0.895 bits per heavy atom. The van der Waals surface area contributed by atoms with Crippen molar-refractivity contribution in [2.75, 3.05) is 37.6 Å². The first-order chi connectivity index (χ1) is 18.5. The number of carbonyl (C=O) groups is 3. The summed E-state index contributed by atoms with van der Waals surface area (Å²) in [4.78, 5) is 43.6. The van der Waals surface area contributed by atoms with Gasteiger partial charge in [-0.3, -0.25) is 19.3 Å². The van der Waals surface area contributed by atoms with E-state index in [1.54, 1.807) is 11.0 Å². The molecule has 2 aliphatic rings. The molecule has 0 spiro atoms. The Labute approximate surface area is 230 Å². The van der Waals surface area contributed by atoms with Gasteiger partial charge in [-0.15, -0.1) is 0 Å². The lowest BCUT2D eigenvalue weighted by Gasteiger charge is -2.36. The average Bonchev–Trinajstić information content (AvgIpc) is 3.21. The van der Waals surface area contributed by atoms with Crippen LogP contribution in [0.2, 0.25) is 5.02 Å². The van der Waals surface area contributed by atoms with Crippen molar-refractivity contribution >= 4 is 52.2 Å². The summed E-state index contributed by atoms with van der Waals surface area (Å²) in [7, 11) is 0. The molecule has 0 saturated carbocycles. The number of para-hydroxylation sites is 1. The molecule has 0 bridgehead atoms. The van der Waals surface area contributed by atoms with Crippen LogP contribution in [0.25, 0.3) is 6.08 Å². The molecule has 3 aromatic rings. The zero-order valence-electron chi connectivity index (χ0n) is 20.6. The van der Waals surface area contributed by atoms with Gasteiger partial charge >= 0.3 is 0 Å². The summed E-state index contributed by atoms with van der Waals surface area (Å²) >= 11 is 6.77. The zero-order chi connectivity index (χ0) is 26.5. The van der Waals surface area contributed by atoms with Gasteiger partial charge in [0.05, 0.1) is 4.91 Å². The first-order valence-corrected chi connectivity index (χ1v) is 13.5. The van der Waals surface area contributed by atoms with Crippen LogP contribution in [0.3, 0.4) is 0 Å². The maximum absolute atomic E-state index is 12.9. The number of ether oxygens (including phenoxy) is 1. The molecule has 194 valence electrons. The van der Waals surface area contributed by atoms with E-state index in [4.69, 9.17) is 16.3 Å². The minimum Gasteiger partial charge on any atom is -0.489 e. The second-order valence-electron chi connectivity index (χ2n) is 8.96. The fourth-order valence-electron chi connectivity index (χ4n) is 4.28. The fraction of sp³-hybridized carbons (Fsp3) is 0.207. The van der Waals surface area contributed by atoms with Crippen molar-refractivity contribution < 1.29 is 19.1 Å². The summed E-state index contributed by atoms with van der Waals surface area (Å²) in [6.45, 7) is 2.67. The number of hydrogen-bond acceptors (Lipinski definition) is 6. The van der Waals surface area contributed by atoms with Crippen LogP contribution >= 0.6 is 23.4 Å². The maximum atomic E-state index is 12.9. The van der Waals surface area contributed by atoms with Gasteiger partial charge in [0.1, 0.15) is 18.9 Å². The predicted molar refractivity (Wildman–Crippen MR) is 150 cm³/mol. The van der Waals surface area contributed by atoms with Gasteiger partial charge in [0.2, 0.25) is 5.91 Å². The Balaban J connectivity index is 1.14. The number of thioether (sulfide) groups is 1. The van der Waals surface area contributed by atoms with Gasteiger partial charge in [0, 0.05) is 36.9 Å². The van der Waals surface area contributed by atoms with E-state index in [0.717, 1.165) is 33.5 Å². The number of amides is 3. The van der Waals surface area contributed by atoms with Crippen molar-refractivity contribution in [2.24, 2.45) is 0 Å². The molecule has 2 heterocycles. The van der Waals surface area contributed by atoms with Crippen molar-refractivity contribution in [1.29, 1.82) is 0 Å². The Morgan fingerprint density at radius 3 is 2.26 bits per heavy atom. The second-order valence-corrected chi connectivity index (χ2v) is 10.4. The van der Waals surface area contributed by atoms with Crippen molar-refractivity contribution in [3.8, 4) is 5.75 Å². The lowest BCUT2D eigenvalue weighted by atomic mass is 10.2. The van der Waals surface area contributed by atoms with E-state index in [-0.39, 0.29) is 12.5 Å². The summed E-state index contributed by atoms with van der Waals surface area (Å²) in [6, 6.07) is 24.8. The van der Waals surface area contributed by atoms with Crippen molar-refractivity contribution in [3.05, 3.63) is 99.9 Å². The number of anilines is 1. The maximum Gasteiger partial charge on any atom is 0.294 e. The van der Waals surface area contributed by atoms with E-state index in [0.29, 0.717) is 48.5 Å².